The van der Waals surface area contributed by atoms with Gasteiger partial charge in [-0.2, -0.15) is 0 Å². The highest BCUT2D eigenvalue weighted by molar-refractivity contribution is 5.74. The van der Waals surface area contributed by atoms with Crippen molar-refractivity contribution < 1.29 is 4.79 Å². The number of rotatable bonds is 6. The van der Waals surface area contributed by atoms with Crippen LogP contribution in [-0.4, -0.2) is 28.5 Å². The molecule has 0 atom stereocenters. The van der Waals surface area contributed by atoms with Crippen molar-refractivity contribution in [1.29, 1.82) is 0 Å². The second-order valence-corrected chi connectivity index (χ2v) is 6.71. The Morgan fingerprint density at radius 3 is 2.52 bits per heavy atom. The van der Waals surface area contributed by atoms with Crippen LogP contribution in [-0.2, 0) is 13.0 Å². The molecule has 1 aromatic carbocycles. The molecule has 1 N–H and O–H groups in total. The van der Waals surface area contributed by atoms with E-state index in [1.807, 2.05) is 41.3 Å². The predicted molar refractivity (Wildman–Crippen MR) is 100 cm³/mol. The zero-order valence-corrected chi connectivity index (χ0v) is 14.7. The van der Waals surface area contributed by atoms with Crippen molar-refractivity contribution >= 4 is 6.03 Å². The van der Waals surface area contributed by atoms with Crippen LogP contribution in [0.5, 0.6) is 0 Å². The van der Waals surface area contributed by atoms with E-state index in [-0.39, 0.29) is 6.03 Å². The fourth-order valence-corrected chi connectivity index (χ4v) is 3.49. The monoisotopic (exact) mass is 337 g/mol. The summed E-state index contributed by atoms with van der Waals surface area (Å²) in [4.78, 5) is 19.2. The number of nitrogens with zero attached hydrogens (tertiary/aromatic N) is 2. The number of urea groups is 1. The number of nitrogens with one attached hydrogen (secondary N) is 1. The van der Waals surface area contributed by atoms with Crippen LogP contribution in [0.15, 0.2) is 54.7 Å². The number of amides is 2. The van der Waals surface area contributed by atoms with Gasteiger partial charge in [-0.15, -0.1) is 0 Å². The maximum atomic E-state index is 12.8. The molecular formula is C21H27N3O. The van der Waals surface area contributed by atoms with Gasteiger partial charge < -0.3 is 10.2 Å². The number of hydrogen-bond acceptors (Lipinski definition) is 2. The van der Waals surface area contributed by atoms with E-state index in [9.17, 15) is 4.79 Å². The molecule has 1 fully saturated rings. The normalized spacial score (nSPS) is 14.9. The maximum absolute atomic E-state index is 12.8. The summed E-state index contributed by atoms with van der Waals surface area (Å²) < 4.78 is 0. The van der Waals surface area contributed by atoms with Crippen LogP contribution in [0.4, 0.5) is 4.79 Å². The molecule has 4 heteroatoms. The molecule has 0 spiro atoms. The van der Waals surface area contributed by atoms with Crippen LogP contribution >= 0.6 is 0 Å². The summed E-state index contributed by atoms with van der Waals surface area (Å²) in [7, 11) is 0. The summed E-state index contributed by atoms with van der Waals surface area (Å²) in [6.07, 6.45) is 8.54. The molecule has 0 aliphatic heterocycles. The number of carbonyl (C=O) groups is 1. The second kappa shape index (κ2) is 9.21. The van der Waals surface area contributed by atoms with Gasteiger partial charge in [-0.3, -0.25) is 4.98 Å². The summed E-state index contributed by atoms with van der Waals surface area (Å²) in [6.45, 7) is 1.25. The largest absolute Gasteiger partial charge is 0.338 e. The van der Waals surface area contributed by atoms with Crippen LogP contribution in [0.3, 0.4) is 0 Å². The molecule has 2 amide bonds. The third kappa shape index (κ3) is 5.31. The lowest BCUT2D eigenvalue weighted by Crippen LogP contribution is -2.47. The van der Waals surface area contributed by atoms with E-state index >= 15 is 0 Å². The molecule has 1 aromatic heterocycles. The van der Waals surface area contributed by atoms with Crippen LogP contribution in [0.1, 0.15) is 43.4 Å². The molecule has 3 rings (SSSR count). The highest BCUT2D eigenvalue weighted by Crippen LogP contribution is 2.24. The quantitative estimate of drug-likeness (QED) is 0.860. The zero-order valence-electron chi connectivity index (χ0n) is 14.7. The van der Waals surface area contributed by atoms with Crippen LogP contribution < -0.4 is 5.32 Å². The van der Waals surface area contributed by atoms with Crippen molar-refractivity contribution in [1.82, 2.24) is 15.2 Å². The number of benzene rings is 1. The van der Waals surface area contributed by atoms with E-state index in [1.54, 1.807) is 6.20 Å². The van der Waals surface area contributed by atoms with Gasteiger partial charge >= 0.3 is 6.03 Å². The highest BCUT2D eigenvalue weighted by Gasteiger charge is 2.25. The third-order valence-electron chi connectivity index (χ3n) is 4.87. The molecule has 4 nitrogen and oxygen atoms in total. The van der Waals surface area contributed by atoms with E-state index in [1.165, 1.54) is 24.8 Å². The number of aromatic nitrogens is 1. The standard InChI is InChI=1S/C21H27N3O/c25-21(23-16-14-18-9-3-1-4-10-18)24(20-12-5-2-6-13-20)17-19-11-7-8-15-22-19/h1,3-4,7-11,15,20H,2,5-6,12-14,16-17H2,(H,23,25). The number of hydrogen-bond donors (Lipinski definition) is 1. The molecule has 0 unspecified atom stereocenters. The summed E-state index contributed by atoms with van der Waals surface area (Å²) in [6, 6.07) is 16.5. The number of pyridine rings is 1. The van der Waals surface area contributed by atoms with Gasteiger partial charge in [-0.1, -0.05) is 55.7 Å². The molecular weight excluding hydrogens is 310 g/mol. The van der Waals surface area contributed by atoms with Crippen LogP contribution in [0.25, 0.3) is 0 Å². The molecule has 1 aliphatic rings. The lowest BCUT2D eigenvalue weighted by Gasteiger charge is -2.34. The lowest BCUT2D eigenvalue weighted by molar-refractivity contribution is 0.150. The molecule has 25 heavy (non-hydrogen) atoms. The van der Waals surface area contributed by atoms with E-state index in [0.717, 1.165) is 25.0 Å². The summed E-state index contributed by atoms with van der Waals surface area (Å²) in [5, 5.41) is 3.11. The van der Waals surface area contributed by atoms with Gasteiger partial charge in [0.2, 0.25) is 0 Å². The molecule has 0 bridgehead atoms. The third-order valence-corrected chi connectivity index (χ3v) is 4.87. The van der Waals surface area contributed by atoms with Crippen LogP contribution in [0, 0.1) is 0 Å². The maximum Gasteiger partial charge on any atom is 0.318 e. The molecule has 2 aromatic rings. The highest BCUT2D eigenvalue weighted by atomic mass is 16.2. The minimum Gasteiger partial charge on any atom is -0.338 e. The fraction of sp³-hybridized carbons (Fsp3) is 0.429. The van der Waals surface area contributed by atoms with Gasteiger partial charge in [-0.25, -0.2) is 4.79 Å². The van der Waals surface area contributed by atoms with Gasteiger partial charge in [-0.05, 0) is 37.0 Å². The van der Waals surface area contributed by atoms with Crippen molar-refractivity contribution in [3.05, 3.63) is 66.0 Å². The molecule has 0 radical (unpaired) electrons. The Kier molecular flexibility index (Phi) is 6.43. The first-order chi connectivity index (χ1) is 12.3. The van der Waals surface area contributed by atoms with Crippen molar-refractivity contribution in [3.63, 3.8) is 0 Å². The fourth-order valence-electron chi connectivity index (χ4n) is 3.49. The Hall–Kier alpha value is -2.36. The van der Waals surface area contributed by atoms with E-state index in [0.29, 0.717) is 19.1 Å². The van der Waals surface area contributed by atoms with E-state index < -0.39 is 0 Å². The smallest absolute Gasteiger partial charge is 0.318 e. The SMILES string of the molecule is O=C(NCCc1ccccc1)N(Cc1ccccn1)C1CCCCC1. The summed E-state index contributed by atoms with van der Waals surface area (Å²) in [5.41, 5.74) is 2.20. The van der Waals surface area contributed by atoms with Crippen molar-refractivity contribution in [2.24, 2.45) is 0 Å². The Labute approximate surface area is 150 Å². The first kappa shape index (κ1) is 17.5. The predicted octanol–water partition coefficient (Wildman–Crippen LogP) is 4.17. The number of carbonyl (C=O) groups excluding carboxylic acids is 1. The van der Waals surface area contributed by atoms with Crippen molar-refractivity contribution in [3.8, 4) is 0 Å². The van der Waals surface area contributed by atoms with Gasteiger partial charge in [0.25, 0.3) is 0 Å². The zero-order chi connectivity index (χ0) is 17.3. The lowest BCUT2D eigenvalue weighted by atomic mass is 9.94. The van der Waals surface area contributed by atoms with Crippen molar-refractivity contribution in [2.75, 3.05) is 6.54 Å². The summed E-state index contributed by atoms with van der Waals surface area (Å²) >= 11 is 0. The molecule has 1 aliphatic carbocycles. The van der Waals surface area contributed by atoms with Crippen LogP contribution in [0.2, 0.25) is 0 Å². The second-order valence-electron chi connectivity index (χ2n) is 6.71. The molecule has 132 valence electrons. The topological polar surface area (TPSA) is 45.2 Å². The van der Waals surface area contributed by atoms with Gasteiger partial charge in [0.05, 0.1) is 12.2 Å². The first-order valence-corrected chi connectivity index (χ1v) is 9.31. The Morgan fingerprint density at radius 2 is 1.80 bits per heavy atom. The van der Waals surface area contributed by atoms with Gasteiger partial charge in [0.1, 0.15) is 0 Å². The Balaban J connectivity index is 1.60. The minimum absolute atomic E-state index is 0.0356. The molecule has 1 heterocycles. The Morgan fingerprint density at radius 1 is 1.04 bits per heavy atom. The minimum atomic E-state index is 0.0356. The summed E-state index contributed by atoms with van der Waals surface area (Å²) in [5.74, 6) is 0. The van der Waals surface area contributed by atoms with Gasteiger partial charge in [0.15, 0.2) is 0 Å². The Bertz CT molecular complexity index is 639. The average molecular weight is 337 g/mol. The first-order valence-electron chi connectivity index (χ1n) is 9.31. The van der Waals surface area contributed by atoms with E-state index in [2.05, 4.69) is 22.4 Å². The average Bonchev–Trinajstić information content (AvgIpc) is 2.68. The van der Waals surface area contributed by atoms with Crippen molar-refractivity contribution in [2.45, 2.75) is 51.1 Å². The molecule has 1 saturated carbocycles. The molecule has 0 saturated heterocycles. The van der Waals surface area contributed by atoms with E-state index in [4.69, 9.17) is 0 Å². The van der Waals surface area contributed by atoms with Gasteiger partial charge in [0, 0.05) is 18.8 Å².